The predicted molar refractivity (Wildman–Crippen MR) is 87.9 cm³/mol. The third-order valence-electron chi connectivity index (χ3n) is 4.00. The van der Waals surface area contributed by atoms with Crippen LogP contribution in [0.2, 0.25) is 0 Å². The van der Waals surface area contributed by atoms with Crippen molar-refractivity contribution in [1.82, 2.24) is 14.9 Å². The number of amides is 1. The molecule has 0 spiro atoms. The summed E-state index contributed by atoms with van der Waals surface area (Å²) >= 11 is 0. The van der Waals surface area contributed by atoms with Crippen LogP contribution in [-0.2, 0) is 16.1 Å². The van der Waals surface area contributed by atoms with Crippen LogP contribution in [0.4, 0.5) is 0 Å². The van der Waals surface area contributed by atoms with Gasteiger partial charge in [0.1, 0.15) is 0 Å². The molecule has 2 aromatic rings. The van der Waals surface area contributed by atoms with Gasteiger partial charge in [-0.05, 0) is 26.0 Å². The topological polar surface area (TPSA) is 121 Å². The molecule has 2 rings (SSSR count). The minimum absolute atomic E-state index is 0.00732. The Bertz CT molecular complexity index is 883. The van der Waals surface area contributed by atoms with E-state index in [1.807, 2.05) is 0 Å². The number of hydrogen-bond acceptors (Lipinski definition) is 4. The molecule has 0 radical (unpaired) electrons. The first-order chi connectivity index (χ1) is 11.3. The number of para-hydroxylation sites is 1. The zero-order chi connectivity index (χ0) is 17.9. The Morgan fingerprint density at radius 2 is 1.92 bits per heavy atom. The molecule has 3 N–H and O–H groups in total. The average molecular weight is 333 g/mol. The first kappa shape index (κ1) is 17.5. The summed E-state index contributed by atoms with van der Waals surface area (Å²) in [6.07, 6.45) is -0.00732. The number of nitrogens with zero attached hydrogens (tertiary/aromatic N) is 1. The highest BCUT2D eigenvalue weighted by atomic mass is 16.4. The van der Waals surface area contributed by atoms with Crippen LogP contribution in [0.15, 0.2) is 33.9 Å². The highest BCUT2D eigenvalue weighted by molar-refractivity contribution is 5.79. The molecular weight excluding hydrogens is 314 g/mol. The molecule has 1 heterocycles. The molecule has 0 aliphatic heterocycles. The normalized spacial score (nSPS) is 13.4. The van der Waals surface area contributed by atoms with E-state index in [4.69, 9.17) is 5.11 Å². The zero-order valence-electron chi connectivity index (χ0n) is 13.4. The fourth-order valence-electron chi connectivity index (χ4n) is 2.34. The molecule has 128 valence electrons. The van der Waals surface area contributed by atoms with Crippen LogP contribution in [0.1, 0.15) is 20.3 Å². The predicted octanol–water partition coefficient (Wildman–Crippen LogP) is 0.305. The highest BCUT2D eigenvalue weighted by Crippen LogP contribution is 2.07. The van der Waals surface area contributed by atoms with E-state index in [0.29, 0.717) is 10.9 Å². The lowest BCUT2D eigenvalue weighted by molar-refractivity contribution is -0.142. The molecule has 0 aliphatic rings. The molecule has 0 saturated heterocycles. The van der Waals surface area contributed by atoms with Crippen LogP contribution in [0.5, 0.6) is 0 Å². The number of rotatable bonds is 6. The number of aromatic amines is 1. The van der Waals surface area contributed by atoms with Crippen molar-refractivity contribution in [1.29, 1.82) is 0 Å². The number of nitrogens with one attached hydrogen (secondary N) is 2. The van der Waals surface area contributed by atoms with Gasteiger partial charge in [0, 0.05) is 19.0 Å². The third kappa shape index (κ3) is 3.70. The first-order valence-electron chi connectivity index (χ1n) is 7.55. The SMILES string of the molecule is CC(NC(=O)CCn1c(=O)[nH]c(=O)c2ccccc21)C(C)C(=O)O. The van der Waals surface area contributed by atoms with Gasteiger partial charge in [-0.2, -0.15) is 0 Å². The van der Waals surface area contributed by atoms with Gasteiger partial charge in [0.2, 0.25) is 5.91 Å². The second-order valence-corrected chi connectivity index (χ2v) is 5.66. The Kier molecular flexibility index (Phi) is 5.18. The van der Waals surface area contributed by atoms with E-state index in [2.05, 4.69) is 10.3 Å². The van der Waals surface area contributed by atoms with Gasteiger partial charge in [-0.1, -0.05) is 12.1 Å². The van der Waals surface area contributed by atoms with Gasteiger partial charge in [-0.3, -0.25) is 23.9 Å². The summed E-state index contributed by atoms with van der Waals surface area (Å²) in [4.78, 5) is 48.8. The molecule has 0 aliphatic carbocycles. The van der Waals surface area contributed by atoms with E-state index in [1.54, 1.807) is 31.2 Å². The van der Waals surface area contributed by atoms with E-state index in [-0.39, 0.29) is 18.9 Å². The van der Waals surface area contributed by atoms with Crippen LogP contribution < -0.4 is 16.6 Å². The molecule has 0 bridgehead atoms. The highest BCUT2D eigenvalue weighted by Gasteiger charge is 2.21. The van der Waals surface area contributed by atoms with Gasteiger partial charge in [0.05, 0.1) is 16.8 Å². The van der Waals surface area contributed by atoms with Gasteiger partial charge in [0.15, 0.2) is 0 Å². The molecule has 2 unspecified atom stereocenters. The summed E-state index contributed by atoms with van der Waals surface area (Å²) in [5.74, 6) is -2.07. The molecule has 2 atom stereocenters. The maximum absolute atomic E-state index is 12.0. The number of aromatic nitrogens is 2. The van der Waals surface area contributed by atoms with E-state index >= 15 is 0 Å². The smallest absolute Gasteiger partial charge is 0.328 e. The summed E-state index contributed by atoms with van der Waals surface area (Å²) in [5.41, 5.74) is -0.607. The maximum Gasteiger partial charge on any atom is 0.328 e. The molecule has 0 fully saturated rings. The summed E-state index contributed by atoms with van der Waals surface area (Å²) in [6.45, 7) is 3.20. The molecule has 8 nitrogen and oxygen atoms in total. The second kappa shape index (κ2) is 7.12. The van der Waals surface area contributed by atoms with Crippen LogP contribution in [0.25, 0.3) is 10.9 Å². The van der Waals surface area contributed by atoms with E-state index in [0.717, 1.165) is 0 Å². The molecular formula is C16H19N3O5. The minimum atomic E-state index is -0.995. The van der Waals surface area contributed by atoms with Crippen molar-refractivity contribution in [2.24, 2.45) is 5.92 Å². The minimum Gasteiger partial charge on any atom is -0.481 e. The van der Waals surface area contributed by atoms with Crippen molar-refractivity contribution < 1.29 is 14.7 Å². The molecule has 1 aromatic carbocycles. The fourth-order valence-corrected chi connectivity index (χ4v) is 2.34. The van der Waals surface area contributed by atoms with Crippen molar-refractivity contribution in [3.63, 3.8) is 0 Å². The largest absolute Gasteiger partial charge is 0.481 e. The number of aryl methyl sites for hydroxylation is 1. The Morgan fingerprint density at radius 3 is 2.58 bits per heavy atom. The van der Waals surface area contributed by atoms with Crippen molar-refractivity contribution in [2.75, 3.05) is 0 Å². The number of carboxylic acids is 1. The van der Waals surface area contributed by atoms with Gasteiger partial charge in [-0.15, -0.1) is 0 Å². The number of benzene rings is 1. The summed E-state index contributed by atoms with van der Waals surface area (Å²) < 4.78 is 1.32. The maximum atomic E-state index is 12.0. The number of hydrogen-bond donors (Lipinski definition) is 3. The van der Waals surface area contributed by atoms with Gasteiger partial charge >= 0.3 is 11.7 Å². The lowest BCUT2D eigenvalue weighted by Gasteiger charge is -2.18. The average Bonchev–Trinajstić information content (AvgIpc) is 2.53. The quantitative estimate of drug-likeness (QED) is 0.702. The van der Waals surface area contributed by atoms with Crippen LogP contribution in [0, 0.1) is 5.92 Å². The van der Waals surface area contributed by atoms with Crippen molar-refractivity contribution >= 4 is 22.8 Å². The number of carbonyl (C=O) groups is 2. The fraction of sp³-hybridized carbons (Fsp3) is 0.375. The Balaban J connectivity index is 2.14. The van der Waals surface area contributed by atoms with E-state index in [1.165, 1.54) is 11.5 Å². The Labute approximate surface area is 137 Å². The van der Waals surface area contributed by atoms with Crippen molar-refractivity contribution in [3.05, 3.63) is 45.1 Å². The van der Waals surface area contributed by atoms with E-state index < -0.39 is 29.2 Å². The number of carboxylic acid groups (broad SMARTS) is 1. The standard InChI is InChI=1S/C16H19N3O5/c1-9(15(22)23)10(2)17-13(20)7-8-19-12-6-4-3-5-11(12)14(21)18-16(19)24/h3-6,9-10H,7-8H2,1-2H3,(H,17,20)(H,22,23)(H,18,21,24). The lowest BCUT2D eigenvalue weighted by Crippen LogP contribution is -2.40. The number of H-pyrrole nitrogens is 1. The lowest BCUT2D eigenvalue weighted by atomic mass is 10.0. The molecule has 8 heteroatoms. The molecule has 1 aromatic heterocycles. The molecule has 1 amide bonds. The number of carbonyl (C=O) groups excluding carboxylic acids is 1. The molecule has 24 heavy (non-hydrogen) atoms. The van der Waals surface area contributed by atoms with Crippen LogP contribution in [0.3, 0.4) is 0 Å². The van der Waals surface area contributed by atoms with Gasteiger partial charge in [-0.25, -0.2) is 4.79 Å². The molecule has 0 saturated carbocycles. The van der Waals surface area contributed by atoms with Crippen LogP contribution >= 0.6 is 0 Å². The van der Waals surface area contributed by atoms with Gasteiger partial charge in [0.25, 0.3) is 5.56 Å². The Morgan fingerprint density at radius 1 is 1.25 bits per heavy atom. The Hall–Kier alpha value is -2.90. The van der Waals surface area contributed by atoms with Gasteiger partial charge < -0.3 is 10.4 Å². The number of fused-ring (bicyclic) bond motifs is 1. The van der Waals surface area contributed by atoms with E-state index in [9.17, 15) is 19.2 Å². The monoisotopic (exact) mass is 333 g/mol. The number of aliphatic carboxylic acids is 1. The second-order valence-electron chi connectivity index (χ2n) is 5.66. The third-order valence-corrected chi connectivity index (χ3v) is 4.00. The van der Waals surface area contributed by atoms with Crippen molar-refractivity contribution in [3.8, 4) is 0 Å². The van der Waals surface area contributed by atoms with Crippen LogP contribution in [-0.4, -0.2) is 32.6 Å². The first-order valence-corrected chi connectivity index (χ1v) is 7.55. The summed E-state index contributed by atoms with van der Waals surface area (Å²) in [6, 6.07) is 6.10. The van der Waals surface area contributed by atoms with Crippen molar-refractivity contribution in [2.45, 2.75) is 32.9 Å². The zero-order valence-corrected chi connectivity index (χ0v) is 13.4. The summed E-state index contributed by atoms with van der Waals surface area (Å²) in [7, 11) is 0. The summed E-state index contributed by atoms with van der Waals surface area (Å²) in [5, 5.41) is 11.9.